The lowest BCUT2D eigenvalue weighted by Gasteiger charge is -2.04. The fraction of sp³-hybridized carbons (Fsp3) is 0.333. The third-order valence-electron chi connectivity index (χ3n) is 2.65. The predicted octanol–water partition coefficient (Wildman–Crippen LogP) is 2.11. The summed E-state index contributed by atoms with van der Waals surface area (Å²) in [5.41, 5.74) is 8.68. The lowest BCUT2D eigenvalue weighted by molar-refractivity contribution is 0.237. The molecule has 0 spiro atoms. The van der Waals surface area contributed by atoms with E-state index in [1.54, 1.807) is 0 Å². The number of nitrogens with two attached hydrogens (primary N) is 1. The van der Waals surface area contributed by atoms with Crippen molar-refractivity contribution in [1.82, 2.24) is 10.1 Å². The molecule has 0 aliphatic rings. The molecule has 5 nitrogen and oxygen atoms in total. The van der Waals surface area contributed by atoms with E-state index in [-0.39, 0.29) is 12.5 Å². The molecule has 2 aromatic rings. The van der Waals surface area contributed by atoms with Gasteiger partial charge in [0.15, 0.2) is 0 Å². The van der Waals surface area contributed by atoms with Gasteiger partial charge in [0.05, 0.1) is 6.61 Å². The van der Waals surface area contributed by atoms with Gasteiger partial charge in [-0.2, -0.15) is 4.98 Å². The van der Waals surface area contributed by atoms with Crippen molar-refractivity contribution < 1.29 is 9.63 Å². The van der Waals surface area contributed by atoms with Crippen LogP contribution in [0.3, 0.4) is 0 Å². The average Bonchev–Trinajstić information content (AvgIpc) is 2.84. The number of halogens is 1. The van der Waals surface area contributed by atoms with E-state index in [2.05, 4.69) is 26.1 Å². The van der Waals surface area contributed by atoms with Gasteiger partial charge in [0.25, 0.3) is 0 Å². The fourth-order valence-electron chi connectivity index (χ4n) is 1.66. The Hall–Kier alpha value is -1.24. The SMILES string of the molecule is Cc1cc(-c2noc([C@@H](N)CO)n2)cc(C)c1Br. The Kier molecular flexibility index (Phi) is 3.79. The minimum absolute atomic E-state index is 0.222. The number of benzene rings is 1. The third kappa shape index (κ3) is 2.45. The molecule has 0 bridgehead atoms. The van der Waals surface area contributed by atoms with Crippen LogP contribution in [-0.4, -0.2) is 21.9 Å². The standard InChI is InChI=1S/C12H14BrN3O2/c1-6-3-8(4-7(2)10(6)13)11-15-12(18-16-11)9(14)5-17/h3-4,9,17H,5,14H2,1-2H3/t9-/m0/s1. The van der Waals surface area contributed by atoms with E-state index in [9.17, 15) is 0 Å². The summed E-state index contributed by atoms with van der Waals surface area (Å²) in [6, 6.07) is 3.30. The van der Waals surface area contributed by atoms with E-state index in [4.69, 9.17) is 15.4 Å². The molecule has 0 unspecified atom stereocenters. The van der Waals surface area contributed by atoms with Crippen LogP contribution in [0.1, 0.15) is 23.1 Å². The zero-order valence-corrected chi connectivity index (χ0v) is 11.7. The normalized spacial score (nSPS) is 12.7. The Labute approximate surface area is 113 Å². The molecule has 0 aliphatic carbocycles. The van der Waals surface area contributed by atoms with Crippen molar-refractivity contribution in [2.75, 3.05) is 6.61 Å². The van der Waals surface area contributed by atoms with Crippen molar-refractivity contribution in [2.45, 2.75) is 19.9 Å². The molecule has 3 N–H and O–H groups in total. The van der Waals surface area contributed by atoms with Crippen molar-refractivity contribution >= 4 is 15.9 Å². The van der Waals surface area contributed by atoms with Crippen molar-refractivity contribution in [1.29, 1.82) is 0 Å². The Morgan fingerprint density at radius 3 is 2.56 bits per heavy atom. The highest BCUT2D eigenvalue weighted by Crippen LogP contribution is 2.27. The lowest BCUT2D eigenvalue weighted by atomic mass is 10.1. The Morgan fingerprint density at radius 2 is 2.00 bits per heavy atom. The molecule has 1 aromatic heterocycles. The second-order valence-electron chi connectivity index (χ2n) is 4.17. The smallest absolute Gasteiger partial charge is 0.246 e. The van der Waals surface area contributed by atoms with Crippen LogP contribution >= 0.6 is 15.9 Å². The zero-order valence-electron chi connectivity index (χ0n) is 10.1. The van der Waals surface area contributed by atoms with Gasteiger partial charge in [-0.3, -0.25) is 0 Å². The summed E-state index contributed by atoms with van der Waals surface area (Å²) in [7, 11) is 0. The van der Waals surface area contributed by atoms with Crippen molar-refractivity contribution in [3.05, 3.63) is 33.6 Å². The summed E-state index contributed by atoms with van der Waals surface area (Å²) >= 11 is 3.51. The molecular formula is C12H14BrN3O2. The first-order valence-corrected chi connectivity index (χ1v) is 6.29. The van der Waals surface area contributed by atoms with Crippen LogP contribution in [0.5, 0.6) is 0 Å². The van der Waals surface area contributed by atoms with Crippen LogP contribution in [0.4, 0.5) is 0 Å². The predicted molar refractivity (Wildman–Crippen MR) is 70.9 cm³/mol. The number of aliphatic hydroxyl groups excluding tert-OH is 1. The monoisotopic (exact) mass is 311 g/mol. The number of hydrogen-bond acceptors (Lipinski definition) is 5. The Morgan fingerprint density at radius 1 is 1.39 bits per heavy atom. The van der Waals surface area contributed by atoms with Crippen LogP contribution in [0.15, 0.2) is 21.1 Å². The van der Waals surface area contributed by atoms with E-state index in [0.29, 0.717) is 5.82 Å². The number of nitrogens with zero attached hydrogens (tertiary/aromatic N) is 2. The van der Waals surface area contributed by atoms with E-state index < -0.39 is 6.04 Å². The van der Waals surface area contributed by atoms with Gasteiger partial charge in [-0.1, -0.05) is 21.1 Å². The molecule has 1 atom stereocenters. The quantitative estimate of drug-likeness (QED) is 0.906. The van der Waals surface area contributed by atoms with Gasteiger partial charge in [0.1, 0.15) is 6.04 Å². The summed E-state index contributed by atoms with van der Waals surface area (Å²) in [6.07, 6.45) is 0. The highest BCUT2D eigenvalue weighted by atomic mass is 79.9. The van der Waals surface area contributed by atoms with Gasteiger partial charge in [0.2, 0.25) is 11.7 Å². The molecule has 0 saturated heterocycles. The Bertz CT molecular complexity index is 545. The highest BCUT2D eigenvalue weighted by molar-refractivity contribution is 9.10. The molecule has 2 rings (SSSR count). The largest absolute Gasteiger partial charge is 0.394 e. The number of rotatable bonds is 3. The molecule has 1 aromatic carbocycles. The Balaban J connectivity index is 2.40. The van der Waals surface area contributed by atoms with Crippen LogP contribution in [0.2, 0.25) is 0 Å². The number of aromatic nitrogens is 2. The van der Waals surface area contributed by atoms with Crippen LogP contribution in [0, 0.1) is 13.8 Å². The second-order valence-corrected chi connectivity index (χ2v) is 4.96. The number of aliphatic hydroxyl groups is 1. The second kappa shape index (κ2) is 5.17. The van der Waals surface area contributed by atoms with Gasteiger partial charge in [-0.15, -0.1) is 0 Å². The molecule has 96 valence electrons. The first-order chi connectivity index (χ1) is 8.52. The van der Waals surface area contributed by atoms with Gasteiger partial charge in [-0.25, -0.2) is 0 Å². The summed E-state index contributed by atoms with van der Waals surface area (Å²) in [5, 5.41) is 12.8. The first-order valence-electron chi connectivity index (χ1n) is 5.50. The molecule has 0 radical (unpaired) electrons. The van der Waals surface area contributed by atoms with Gasteiger partial charge in [-0.05, 0) is 37.1 Å². The number of hydrogen-bond donors (Lipinski definition) is 2. The molecule has 0 aliphatic heterocycles. The first kappa shape index (κ1) is 13.2. The van der Waals surface area contributed by atoms with E-state index in [0.717, 1.165) is 21.2 Å². The molecule has 6 heteroatoms. The molecule has 1 heterocycles. The van der Waals surface area contributed by atoms with E-state index in [1.165, 1.54) is 0 Å². The van der Waals surface area contributed by atoms with E-state index >= 15 is 0 Å². The lowest BCUT2D eigenvalue weighted by Crippen LogP contribution is -2.14. The summed E-state index contributed by atoms with van der Waals surface area (Å²) < 4.78 is 6.10. The molecule has 18 heavy (non-hydrogen) atoms. The van der Waals surface area contributed by atoms with E-state index in [1.807, 2.05) is 26.0 Å². The summed E-state index contributed by atoms with van der Waals surface area (Å²) in [4.78, 5) is 4.19. The average molecular weight is 312 g/mol. The third-order valence-corrected chi connectivity index (χ3v) is 3.90. The molecule has 0 amide bonds. The van der Waals surface area contributed by atoms with Crippen LogP contribution in [-0.2, 0) is 0 Å². The minimum Gasteiger partial charge on any atom is -0.394 e. The fourth-order valence-corrected chi connectivity index (χ4v) is 1.89. The van der Waals surface area contributed by atoms with Crippen molar-refractivity contribution in [3.8, 4) is 11.4 Å². The van der Waals surface area contributed by atoms with Gasteiger partial charge in [0, 0.05) is 10.0 Å². The minimum atomic E-state index is -0.635. The maximum atomic E-state index is 8.93. The number of aryl methyl sites for hydroxylation is 2. The van der Waals surface area contributed by atoms with Crippen LogP contribution < -0.4 is 5.73 Å². The molecule has 0 fully saturated rings. The van der Waals surface area contributed by atoms with Gasteiger partial charge >= 0.3 is 0 Å². The maximum absolute atomic E-state index is 8.93. The van der Waals surface area contributed by atoms with Crippen molar-refractivity contribution in [3.63, 3.8) is 0 Å². The molecular weight excluding hydrogens is 298 g/mol. The highest BCUT2D eigenvalue weighted by Gasteiger charge is 2.15. The summed E-state index contributed by atoms with van der Waals surface area (Å²) in [5.74, 6) is 0.721. The van der Waals surface area contributed by atoms with Crippen molar-refractivity contribution in [2.24, 2.45) is 5.73 Å². The topological polar surface area (TPSA) is 85.2 Å². The maximum Gasteiger partial charge on any atom is 0.246 e. The zero-order chi connectivity index (χ0) is 13.3. The summed E-state index contributed by atoms with van der Waals surface area (Å²) in [6.45, 7) is 3.78. The van der Waals surface area contributed by atoms with Crippen LogP contribution in [0.25, 0.3) is 11.4 Å². The van der Waals surface area contributed by atoms with Gasteiger partial charge < -0.3 is 15.4 Å². The molecule has 0 saturated carbocycles.